The van der Waals surface area contributed by atoms with Crippen molar-refractivity contribution in [2.45, 2.75) is 52.0 Å². The molecule has 1 heterocycles. The predicted molar refractivity (Wildman–Crippen MR) is 76.4 cm³/mol. The van der Waals surface area contributed by atoms with Gasteiger partial charge in [0.05, 0.1) is 0 Å². The first-order valence-corrected chi connectivity index (χ1v) is 7.24. The number of carbonyl (C=O) groups is 1. The Hall–Kier alpha value is -1.51. The second kappa shape index (κ2) is 6.09. The summed E-state index contributed by atoms with van der Waals surface area (Å²) in [5, 5.41) is 9.76. The number of likely N-dealkylation sites (tertiary alicyclic amines) is 1. The molecule has 1 fully saturated rings. The number of phenols is 1. The number of phenolic OH excluding ortho intramolecular Hbond substituents is 1. The third-order valence-electron chi connectivity index (χ3n) is 4.14. The van der Waals surface area contributed by atoms with Crippen LogP contribution in [0.5, 0.6) is 5.75 Å². The van der Waals surface area contributed by atoms with Gasteiger partial charge in [0.2, 0.25) is 0 Å². The predicted octanol–water partition coefficient (Wildman–Crippen LogP) is 3.50. The van der Waals surface area contributed by atoms with Crippen LogP contribution in [-0.2, 0) is 0 Å². The molecule has 3 heteroatoms. The van der Waals surface area contributed by atoms with Crippen molar-refractivity contribution in [1.82, 2.24) is 4.90 Å². The lowest BCUT2D eigenvalue weighted by Gasteiger charge is -2.30. The van der Waals surface area contributed by atoms with E-state index in [1.54, 1.807) is 19.1 Å². The van der Waals surface area contributed by atoms with E-state index in [0.29, 0.717) is 17.2 Å². The topological polar surface area (TPSA) is 40.5 Å². The zero-order valence-electron chi connectivity index (χ0n) is 11.9. The van der Waals surface area contributed by atoms with Crippen LogP contribution in [0, 0.1) is 6.92 Å². The van der Waals surface area contributed by atoms with Crippen LogP contribution in [0.4, 0.5) is 0 Å². The van der Waals surface area contributed by atoms with Crippen LogP contribution >= 0.6 is 0 Å². The molecular weight excluding hydrogens is 238 g/mol. The van der Waals surface area contributed by atoms with E-state index in [-0.39, 0.29) is 11.7 Å². The molecule has 0 aromatic heterocycles. The molecule has 2 rings (SSSR count). The second-order valence-corrected chi connectivity index (χ2v) is 5.36. The monoisotopic (exact) mass is 261 g/mol. The van der Waals surface area contributed by atoms with Crippen LogP contribution < -0.4 is 0 Å². The number of hydrogen-bond donors (Lipinski definition) is 1. The summed E-state index contributed by atoms with van der Waals surface area (Å²) < 4.78 is 0. The van der Waals surface area contributed by atoms with Crippen molar-refractivity contribution < 1.29 is 9.90 Å². The van der Waals surface area contributed by atoms with Crippen molar-refractivity contribution in [3.05, 3.63) is 29.3 Å². The van der Waals surface area contributed by atoms with Crippen molar-refractivity contribution in [2.24, 2.45) is 0 Å². The number of carbonyl (C=O) groups excluding carboxylic acids is 1. The average Bonchev–Trinajstić information content (AvgIpc) is 2.66. The highest BCUT2D eigenvalue weighted by molar-refractivity contribution is 5.96. The molecule has 1 aliphatic rings. The fourth-order valence-corrected chi connectivity index (χ4v) is 2.88. The van der Waals surface area contributed by atoms with E-state index < -0.39 is 0 Å². The lowest BCUT2D eigenvalue weighted by atomic mass is 10.0. The minimum atomic E-state index is 0.0714. The maximum Gasteiger partial charge on any atom is 0.254 e. The minimum absolute atomic E-state index is 0.0714. The van der Waals surface area contributed by atoms with Gasteiger partial charge in [0.15, 0.2) is 0 Å². The first kappa shape index (κ1) is 13.9. The fourth-order valence-electron chi connectivity index (χ4n) is 2.88. The number of nitrogens with zero attached hydrogens (tertiary/aromatic N) is 1. The fraction of sp³-hybridized carbons (Fsp3) is 0.562. The van der Waals surface area contributed by atoms with E-state index in [0.717, 1.165) is 25.8 Å². The van der Waals surface area contributed by atoms with Crippen LogP contribution in [0.15, 0.2) is 18.2 Å². The number of amides is 1. The Bertz CT molecular complexity index is 456. The normalized spacial score (nSPS) is 20.1. The maximum absolute atomic E-state index is 12.7. The number of hydrogen-bond acceptors (Lipinski definition) is 2. The highest BCUT2D eigenvalue weighted by Gasteiger charge is 2.26. The summed E-state index contributed by atoms with van der Waals surface area (Å²) in [4.78, 5) is 14.7. The zero-order chi connectivity index (χ0) is 13.8. The van der Waals surface area contributed by atoms with E-state index >= 15 is 0 Å². The van der Waals surface area contributed by atoms with Gasteiger partial charge in [-0.15, -0.1) is 0 Å². The van der Waals surface area contributed by atoms with Gasteiger partial charge < -0.3 is 10.0 Å². The minimum Gasteiger partial charge on any atom is -0.508 e. The Kier molecular flexibility index (Phi) is 4.46. The van der Waals surface area contributed by atoms with Crippen LogP contribution in [0.2, 0.25) is 0 Å². The molecule has 19 heavy (non-hydrogen) atoms. The molecule has 0 aliphatic carbocycles. The van der Waals surface area contributed by atoms with Gasteiger partial charge in [0.1, 0.15) is 5.75 Å². The lowest BCUT2D eigenvalue weighted by molar-refractivity contribution is 0.0677. The van der Waals surface area contributed by atoms with E-state index in [2.05, 4.69) is 6.92 Å². The van der Waals surface area contributed by atoms with Gasteiger partial charge in [-0.1, -0.05) is 25.8 Å². The number of aromatic hydroxyl groups is 1. The van der Waals surface area contributed by atoms with Crippen LogP contribution in [0.25, 0.3) is 0 Å². The SMILES string of the molecule is CCC1CCCCCN1C(=O)c1cccc(O)c1C. The Morgan fingerprint density at radius 2 is 2.16 bits per heavy atom. The molecule has 1 atom stereocenters. The van der Waals surface area contributed by atoms with Crippen LogP contribution in [0.1, 0.15) is 54.9 Å². The van der Waals surface area contributed by atoms with Crippen molar-refractivity contribution in [3.63, 3.8) is 0 Å². The molecule has 1 N–H and O–H groups in total. The molecule has 3 nitrogen and oxygen atoms in total. The summed E-state index contributed by atoms with van der Waals surface area (Å²) in [6, 6.07) is 5.53. The first-order chi connectivity index (χ1) is 9.15. The number of benzene rings is 1. The van der Waals surface area contributed by atoms with Crippen molar-refractivity contribution in [2.75, 3.05) is 6.54 Å². The first-order valence-electron chi connectivity index (χ1n) is 7.24. The van der Waals surface area contributed by atoms with Gasteiger partial charge >= 0.3 is 0 Å². The third-order valence-corrected chi connectivity index (χ3v) is 4.14. The van der Waals surface area contributed by atoms with E-state index in [4.69, 9.17) is 0 Å². The van der Waals surface area contributed by atoms with Crippen molar-refractivity contribution >= 4 is 5.91 Å². The molecular formula is C16H23NO2. The van der Waals surface area contributed by atoms with Gasteiger partial charge in [-0.3, -0.25) is 4.79 Å². The molecule has 0 bridgehead atoms. The summed E-state index contributed by atoms with van der Waals surface area (Å²) in [5.74, 6) is 0.274. The maximum atomic E-state index is 12.7. The Morgan fingerprint density at radius 1 is 1.37 bits per heavy atom. The summed E-state index contributed by atoms with van der Waals surface area (Å²) >= 11 is 0. The van der Waals surface area contributed by atoms with E-state index in [1.807, 2.05) is 11.0 Å². The molecule has 1 aromatic carbocycles. The summed E-state index contributed by atoms with van der Waals surface area (Å²) in [6.07, 6.45) is 5.60. The average molecular weight is 261 g/mol. The van der Waals surface area contributed by atoms with Gasteiger partial charge in [0.25, 0.3) is 5.91 Å². The molecule has 104 valence electrons. The highest BCUT2D eigenvalue weighted by atomic mass is 16.3. The number of rotatable bonds is 2. The molecule has 1 amide bonds. The van der Waals surface area contributed by atoms with Gasteiger partial charge in [-0.2, -0.15) is 0 Å². The highest BCUT2D eigenvalue weighted by Crippen LogP contribution is 2.25. The molecule has 1 saturated heterocycles. The third kappa shape index (κ3) is 2.91. The van der Waals surface area contributed by atoms with Crippen molar-refractivity contribution in [3.8, 4) is 5.75 Å². The quantitative estimate of drug-likeness (QED) is 0.885. The second-order valence-electron chi connectivity index (χ2n) is 5.36. The van der Waals surface area contributed by atoms with Crippen LogP contribution in [-0.4, -0.2) is 28.5 Å². The zero-order valence-corrected chi connectivity index (χ0v) is 11.9. The lowest BCUT2D eigenvalue weighted by Crippen LogP contribution is -2.39. The van der Waals surface area contributed by atoms with E-state index in [1.165, 1.54) is 12.8 Å². The van der Waals surface area contributed by atoms with Gasteiger partial charge in [-0.05, 0) is 38.3 Å². The van der Waals surface area contributed by atoms with Crippen molar-refractivity contribution in [1.29, 1.82) is 0 Å². The van der Waals surface area contributed by atoms with Gasteiger partial charge in [-0.25, -0.2) is 0 Å². The van der Waals surface area contributed by atoms with E-state index in [9.17, 15) is 9.90 Å². The Labute approximate surface area is 115 Å². The van der Waals surface area contributed by atoms with Crippen LogP contribution in [0.3, 0.4) is 0 Å². The molecule has 0 radical (unpaired) electrons. The molecule has 0 spiro atoms. The molecule has 1 aromatic rings. The summed E-state index contributed by atoms with van der Waals surface area (Å²) in [5.41, 5.74) is 1.33. The summed E-state index contributed by atoms with van der Waals surface area (Å²) in [6.45, 7) is 4.79. The molecule has 1 aliphatic heterocycles. The largest absolute Gasteiger partial charge is 0.508 e. The Balaban J connectivity index is 2.28. The molecule has 1 unspecified atom stereocenters. The Morgan fingerprint density at radius 3 is 2.89 bits per heavy atom. The van der Waals surface area contributed by atoms with Gasteiger partial charge in [0, 0.05) is 23.7 Å². The summed E-state index contributed by atoms with van der Waals surface area (Å²) in [7, 11) is 0. The molecule has 0 saturated carbocycles. The standard InChI is InChI=1S/C16H23NO2/c1-3-13-8-5-4-6-11-17(13)16(19)14-9-7-10-15(18)12(14)2/h7,9-10,13,18H,3-6,8,11H2,1-2H3. The smallest absolute Gasteiger partial charge is 0.254 e.